The number of nitrogens with one attached hydrogen (secondary N) is 1. The molecule has 2 bridgehead atoms. The summed E-state index contributed by atoms with van der Waals surface area (Å²) in [5.41, 5.74) is 2.35. The van der Waals surface area contributed by atoms with E-state index in [2.05, 4.69) is 27.3 Å². The summed E-state index contributed by atoms with van der Waals surface area (Å²) in [7, 11) is 0. The molecule has 3 rings (SSSR count). The van der Waals surface area contributed by atoms with Gasteiger partial charge in [0.25, 0.3) is 0 Å². The molecule has 1 aromatic rings. The van der Waals surface area contributed by atoms with Gasteiger partial charge in [-0.1, -0.05) is 22.0 Å². The fourth-order valence-corrected chi connectivity index (χ4v) is 3.43. The van der Waals surface area contributed by atoms with Crippen molar-refractivity contribution in [1.29, 1.82) is 0 Å². The molecule has 17 heavy (non-hydrogen) atoms. The minimum absolute atomic E-state index is 0.163. The smallest absolute Gasteiger partial charge is 0.124 e. The molecule has 1 aliphatic carbocycles. The van der Waals surface area contributed by atoms with Crippen molar-refractivity contribution in [3.8, 4) is 0 Å². The lowest BCUT2D eigenvalue weighted by Crippen LogP contribution is -2.37. The molecule has 0 unspecified atom stereocenters. The maximum atomic E-state index is 13.4. The Morgan fingerprint density at radius 1 is 1.24 bits per heavy atom. The first kappa shape index (κ1) is 11.4. The van der Waals surface area contributed by atoms with E-state index in [0.29, 0.717) is 5.92 Å². The van der Waals surface area contributed by atoms with Gasteiger partial charge in [0.05, 0.1) is 0 Å². The van der Waals surface area contributed by atoms with Gasteiger partial charge in [-0.3, -0.25) is 0 Å². The molecule has 1 fully saturated rings. The number of benzene rings is 1. The number of fused-ring (bicyclic) bond motifs is 2. The van der Waals surface area contributed by atoms with E-state index in [1.165, 1.54) is 18.1 Å². The highest BCUT2D eigenvalue weighted by Gasteiger charge is 2.26. The van der Waals surface area contributed by atoms with Crippen LogP contribution in [-0.4, -0.2) is 13.1 Å². The summed E-state index contributed by atoms with van der Waals surface area (Å²) in [5, 5.41) is 3.45. The second-order valence-electron chi connectivity index (χ2n) is 5.07. The molecule has 1 heterocycles. The molecule has 0 spiro atoms. The van der Waals surface area contributed by atoms with E-state index in [-0.39, 0.29) is 5.82 Å². The van der Waals surface area contributed by atoms with Crippen LogP contribution < -0.4 is 5.32 Å². The molecule has 1 aromatic carbocycles. The highest BCUT2D eigenvalue weighted by atomic mass is 79.9. The molecule has 0 amide bonds. The third-order valence-corrected chi connectivity index (χ3v) is 4.11. The molecule has 2 aliphatic rings. The Labute approximate surface area is 109 Å². The van der Waals surface area contributed by atoms with Crippen molar-refractivity contribution in [2.45, 2.75) is 12.8 Å². The van der Waals surface area contributed by atoms with Crippen LogP contribution in [0.2, 0.25) is 0 Å². The zero-order valence-electron chi connectivity index (χ0n) is 9.55. The highest BCUT2D eigenvalue weighted by molar-refractivity contribution is 9.10. The fourth-order valence-electron chi connectivity index (χ4n) is 2.97. The largest absolute Gasteiger partial charge is 0.316 e. The molecular weight excluding hydrogens is 281 g/mol. The molecular formula is C14H15BrFN. The normalized spacial score (nSPS) is 27.8. The number of hydrogen-bond donors (Lipinski definition) is 1. The Morgan fingerprint density at radius 3 is 2.88 bits per heavy atom. The van der Waals surface area contributed by atoms with Gasteiger partial charge in [-0.25, -0.2) is 4.39 Å². The van der Waals surface area contributed by atoms with Crippen molar-refractivity contribution in [2.75, 3.05) is 13.1 Å². The van der Waals surface area contributed by atoms with E-state index in [1.807, 2.05) is 6.07 Å². The van der Waals surface area contributed by atoms with Crippen LogP contribution in [0.15, 0.2) is 28.7 Å². The van der Waals surface area contributed by atoms with Gasteiger partial charge in [0, 0.05) is 11.0 Å². The number of piperidine rings is 1. The van der Waals surface area contributed by atoms with Crippen LogP contribution in [-0.2, 0) is 0 Å². The van der Waals surface area contributed by atoms with Crippen LogP contribution in [0, 0.1) is 17.7 Å². The van der Waals surface area contributed by atoms with Crippen LogP contribution in [0.3, 0.4) is 0 Å². The summed E-state index contributed by atoms with van der Waals surface area (Å²) in [6, 6.07) is 5.17. The van der Waals surface area contributed by atoms with Crippen molar-refractivity contribution < 1.29 is 4.39 Å². The number of hydrogen-bond acceptors (Lipinski definition) is 1. The first-order valence-corrected chi connectivity index (χ1v) is 6.88. The molecule has 1 aliphatic heterocycles. The third-order valence-electron chi connectivity index (χ3n) is 3.65. The third kappa shape index (κ3) is 2.45. The predicted molar refractivity (Wildman–Crippen MR) is 71.2 cm³/mol. The summed E-state index contributed by atoms with van der Waals surface area (Å²) in [5.74, 6) is 1.18. The van der Waals surface area contributed by atoms with Gasteiger partial charge in [0.2, 0.25) is 0 Å². The molecule has 0 aromatic heterocycles. The average Bonchev–Trinajstić information content (AvgIpc) is 2.27. The molecule has 3 heteroatoms. The van der Waals surface area contributed by atoms with Gasteiger partial charge in [-0.15, -0.1) is 0 Å². The second-order valence-corrected chi connectivity index (χ2v) is 5.99. The molecule has 1 saturated heterocycles. The molecule has 1 N–H and O–H groups in total. The molecule has 2 atom stereocenters. The van der Waals surface area contributed by atoms with Crippen LogP contribution in [0.1, 0.15) is 18.4 Å². The summed E-state index contributed by atoms with van der Waals surface area (Å²) >= 11 is 3.36. The maximum absolute atomic E-state index is 13.4. The fraction of sp³-hybridized carbons (Fsp3) is 0.429. The number of allylic oxidation sites excluding steroid dienone is 1. The lowest BCUT2D eigenvalue weighted by Gasteiger charge is -2.34. The summed E-state index contributed by atoms with van der Waals surface area (Å²) in [6.07, 6.45) is 4.68. The van der Waals surface area contributed by atoms with E-state index < -0.39 is 0 Å². The zero-order chi connectivity index (χ0) is 11.8. The van der Waals surface area contributed by atoms with Crippen LogP contribution in [0.5, 0.6) is 0 Å². The number of halogens is 2. The van der Waals surface area contributed by atoms with Crippen LogP contribution in [0.25, 0.3) is 5.57 Å². The Hall–Kier alpha value is -0.670. The van der Waals surface area contributed by atoms with Gasteiger partial charge in [-0.2, -0.15) is 0 Å². The van der Waals surface area contributed by atoms with E-state index in [9.17, 15) is 4.39 Å². The SMILES string of the molecule is Fc1cc(Br)cc(C2=C[C@H]3CNC[C@@H](C2)C3)c1. The first-order chi connectivity index (χ1) is 8.20. The van der Waals surface area contributed by atoms with Crippen molar-refractivity contribution in [3.05, 3.63) is 40.1 Å². The van der Waals surface area contributed by atoms with E-state index >= 15 is 0 Å². The quantitative estimate of drug-likeness (QED) is 0.835. The van der Waals surface area contributed by atoms with E-state index in [1.54, 1.807) is 6.07 Å². The zero-order valence-corrected chi connectivity index (χ0v) is 11.1. The Morgan fingerprint density at radius 2 is 2.12 bits per heavy atom. The number of rotatable bonds is 1. The minimum atomic E-state index is -0.163. The van der Waals surface area contributed by atoms with Crippen molar-refractivity contribution in [2.24, 2.45) is 11.8 Å². The van der Waals surface area contributed by atoms with Gasteiger partial charge >= 0.3 is 0 Å². The minimum Gasteiger partial charge on any atom is -0.316 e. The molecule has 0 radical (unpaired) electrons. The maximum Gasteiger partial charge on any atom is 0.124 e. The Kier molecular flexibility index (Phi) is 3.05. The Balaban J connectivity index is 1.95. The van der Waals surface area contributed by atoms with Gasteiger partial charge < -0.3 is 5.32 Å². The van der Waals surface area contributed by atoms with Crippen molar-refractivity contribution in [1.82, 2.24) is 5.32 Å². The van der Waals surface area contributed by atoms with Crippen LogP contribution in [0.4, 0.5) is 4.39 Å². The van der Waals surface area contributed by atoms with Gasteiger partial charge in [0.15, 0.2) is 0 Å². The lowest BCUT2D eigenvalue weighted by atomic mass is 9.78. The second kappa shape index (κ2) is 4.54. The van der Waals surface area contributed by atoms with E-state index in [0.717, 1.165) is 35.5 Å². The van der Waals surface area contributed by atoms with E-state index in [4.69, 9.17) is 0 Å². The predicted octanol–water partition coefficient (Wildman–Crippen LogP) is 3.60. The van der Waals surface area contributed by atoms with Gasteiger partial charge in [-0.05, 0) is 60.6 Å². The first-order valence-electron chi connectivity index (χ1n) is 6.08. The topological polar surface area (TPSA) is 12.0 Å². The monoisotopic (exact) mass is 295 g/mol. The molecule has 0 saturated carbocycles. The standard InChI is InChI=1S/C14H15BrFN/c15-13-4-12(5-14(16)6-13)11-2-9-1-10(3-11)8-17-7-9/h2,4-6,9-10,17H,1,3,7-8H2/t9-,10+/m0/s1. The van der Waals surface area contributed by atoms with Crippen LogP contribution >= 0.6 is 15.9 Å². The Bertz CT molecular complexity index is 449. The van der Waals surface area contributed by atoms with Crippen molar-refractivity contribution >= 4 is 21.5 Å². The summed E-state index contributed by atoms with van der Waals surface area (Å²) < 4.78 is 14.2. The highest BCUT2D eigenvalue weighted by Crippen LogP contribution is 2.36. The summed E-state index contributed by atoms with van der Waals surface area (Å²) in [6.45, 7) is 2.17. The molecule has 90 valence electrons. The van der Waals surface area contributed by atoms with Gasteiger partial charge in [0.1, 0.15) is 5.82 Å². The van der Waals surface area contributed by atoms with Crippen molar-refractivity contribution in [3.63, 3.8) is 0 Å². The molecule has 1 nitrogen and oxygen atoms in total. The summed E-state index contributed by atoms with van der Waals surface area (Å²) in [4.78, 5) is 0. The lowest BCUT2D eigenvalue weighted by molar-refractivity contribution is 0.317. The average molecular weight is 296 g/mol.